The Morgan fingerprint density at radius 1 is 1.62 bits per heavy atom. The molecule has 1 atom stereocenters. The van der Waals surface area contributed by atoms with Gasteiger partial charge in [-0.25, -0.2) is 0 Å². The minimum absolute atomic E-state index is 0.359. The fourth-order valence-electron chi connectivity index (χ4n) is 1.73. The number of likely N-dealkylation sites (tertiary alicyclic amines) is 1. The molecule has 0 unspecified atom stereocenters. The smallest absolute Gasteiger partial charge is 0.320 e. The average Bonchev–Trinajstić information content (AvgIpc) is 2.15. The number of nitriles is 1. The largest absolute Gasteiger partial charge is 0.480 e. The van der Waals surface area contributed by atoms with Crippen molar-refractivity contribution in [2.24, 2.45) is 0 Å². The molecule has 4 heteroatoms. The SMILES string of the molecule is N#CCCN1CCCC[C@H]1C(=O)O. The van der Waals surface area contributed by atoms with Crippen LogP contribution in [0.5, 0.6) is 0 Å². The van der Waals surface area contributed by atoms with Crippen LogP contribution in [-0.4, -0.2) is 35.1 Å². The molecule has 72 valence electrons. The Labute approximate surface area is 77.8 Å². The molecule has 0 saturated carbocycles. The number of aliphatic carboxylic acids is 1. The summed E-state index contributed by atoms with van der Waals surface area (Å²) >= 11 is 0. The monoisotopic (exact) mass is 182 g/mol. The number of carboxylic acid groups (broad SMARTS) is 1. The maximum Gasteiger partial charge on any atom is 0.320 e. The van der Waals surface area contributed by atoms with E-state index in [-0.39, 0.29) is 6.04 Å². The molecular weight excluding hydrogens is 168 g/mol. The fraction of sp³-hybridized carbons (Fsp3) is 0.778. The molecule has 0 amide bonds. The lowest BCUT2D eigenvalue weighted by atomic mass is 10.0. The molecular formula is C9H14N2O2. The molecule has 1 fully saturated rings. The summed E-state index contributed by atoms with van der Waals surface area (Å²) in [5.74, 6) is -0.752. The molecule has 1 saturated heterocycles. The van der Waals surface area contributed by atoms with Gasteiger partial charge in [0.2, 0.25) is 0 Å². The predicted molar refractivity (Wildman–Crippen MR) is 47.1 cm³/mol. The van der Waals surface area contributed by atoms with Crippen molar-refractivity contribution >= 4 is 5.97 Å². The molecule has 0 aliphatic carbocycles. The molecule has 1 aliphatic rings. The van der Waals surface area contributed by atoms with Crippen LogP contribution < -0.4 is 0 Å². The Kier molecular flexibility index (Phi) is 3.71. The second-order valence-electron chi connectivity index (χ2n) is 3.29. The summed E-state index contributed by atoms with van der Waals surface area (Å²) in [4.78, 5) is 12.7. The minimum Gasteiger partial charge on any atom is -0.480 e. The number of carbonyl (C=O) groups is 1. The van der Waals surface area contributed by atoms with Gasteiger partial charge in [0.25, 0.3) is 0 Å². The van der Waals surface area contributed by atoms with Crippen LogP contribution in [0.4, 0.5) is 0 Å². The second-order valence-corrected chi connectivity index (χ2v) is 3.29. The predicted octanol–water partition coefficient (Wildman–Crippen LogP) is 0.839. The van der Waals surface area contributed by atoms with Gasteiger partial charge in [0, 0.05) is 13.0 Å². The minimum atomic E-state index is -0.752. The third kappa shape index (κ3) is 2.71. The van der Waals surface area contributed by atoms with Crippen molar-refractivity contribution < 1.29 is 9.90 Å². The highest BCUT2D eigenvalue weighted by molar-refractivity contribution is 5.73. The van der Waals surface area contributed by atoms with E-state index in [0.29, 0.717) is 13.0 Å². The van der Waals surface area contributed by atoms with Gasteiger partial charge in [0.05, 0.1) is 6.07 Å². The maximum absolute atomic E-state index is 10.8. The summed E-state index contributed by atoms with van der Waals surface area (Å²) in [5, 5.41) is 17.3. The lowest BCUT2D eigenvalue weighted by Gasteiger charge is -2.31. The first-order chi connectivity index (χ1) is 6.25. The van der Waals surface area contributed by atoms with Gasteiger partial charge in [-0.05, 0) is 19.4 Å². The van der Waals surface area contributed by atoms with Crippen LogP contribution in [0.2, 0.25) is 0 Å². The number of hydrogen-bond donors (Lipinski definition) is 1. The Hall–Kier alpha value is -1.08. The molecule has 1 heterocycles. The van der Waals surface area contributed by atoms with Gasteiger partial charge in [-0.2, -0.15) is 5.26 Å². The Morgan fingerprint density at radius 3 is 3.00 bits per heavy atom. The fourth-order valence-corrected chi connectivity index (χ4v) is 1.73. The lowest BCUT2D eigenvalue weighted by molar-refractivity contribution is -0.144. The zero-order valence-corrected chi connectivity index (χ0v) is 7.57. The molecule has 13 heavy (non-hydrogen) atoms. The zero-order valence-electron chi connectivity index (χ0n) is 7.57. The van der Waals surface area contributed by atoms with Crippen LogP contribution >= 0.6 is 0 Å². The Balaban J connectivity index is 2.47. The zero-order chi connectivity index (χ0) is 9.68. The number of rotatable bonds is 3. The summed E-state index contributed by atoms with van der Waals surface area (Å²) in [6.07, 6.45) is 3.18. The number of hydrogen-bond acceptors (Lipinski definition) is 3. The summed E-state index contributed by atoms with van der Waals surface area (Å²) in [6, 6.07) is 1.68. The molecule has 1 aliphatic heterocycles. The van der Waals surface area contributed by atoms with Gasteiger partial charge in [-0.15, -0.1) is 0 Å². The average molecular weight is 182 g/mol. The third-order valence-corrected chi connectivity index (χ3v) is 2.41. The van der Waals surface area contributed by atoms with E-state index in [1.807, 2.05) is 11.0 Å². The van der Waals surface area contributed by atoms with Crippen molar-refractivity contribution in [3.8, 4) is 6.07 Å². The first kappa shape index (κ1) is 10.0. The van der Waals surface area contributed by atoms with E-state index in [2.05, 4.69) is 0 Å². The van der Waals surface area contributed by atoms with Crippen molar-refractivity contribution in [2.45, 2.75) is 31.7 Å². The molecule has 0 radical (unpaired) electrons. The van der Waals surface area contributed by atoms with Crippen LogP contribution in [0.15, 0.2) is 0 Å². The quantitative estimate of drug-likeness (QED) is 0.702. The highest BCUT2D eigenvalue weighted by Gasteiger charge is 2.27. The lowest BCUT2D eigenvalue weighted by Crippen LogP contribution is -2.44. The number of carboxylic acids is 1. The van der Waals surface area contributed by atoms with Crippen LogP contribution in [-0.2, 0) is 4.79 Å². The standard InChI is InChI=1S/C9H14N2O2/c10-5-3-7-11-6-2-1-4-8(11)9(12)13/h8H,1-4,6-7H2,(H,12,13)/t8-/m0/s1. The first-order valence-electron chi connectivity index (χ1n) is 4.59. The van der Waals surface area contributed by atoms with E-state index in [1.165, 1.54) is 0 Å². The van der Waals surface area contributed by atoms with Gasteiger partial charge in [-0.3, -0.25) is 9.69 Å². The summed E-state index contributed by atoms with van der Waals surface area (Å²) < 4.78 is 0. The van der Waals surface area contributed by atoms with Crippen molar-refractivity contribution in [1.82, 2.24) is 4.90 Å². The Morgan fingerprint density at radius 2 is 2.38 bits per heavy atom. The van der Waals surface area contributed by atoms with Crippen molar-refractivity contribution in [3.63, 3.8) is 0 Å². The van der Waals surface area contributed by atoms with E-state index >= 15 is 0 Å². The highest BCUT2D eigenvalue weighted by atomic mass is 16.4. The van der Waals surface area contributed by atoms with Crippen LogP contribution in [0.25, 0.3) is 0 Å². The van der Waals surface area contributed by atoms with Crippen LogP contribution in [0, 0.1) is 11.3 Å². The molecule has 4 nitrogen and oxygen atoms in total. The van der Waals surface area contributed by atoms with Crippen LogP contribution in [0.3, 0.4) is 0 Å². The van der Waals surface area contributed by atoms with Gasteiger partial charge in [0.15, 0.2) is 0 Å². The van der Waals surface area contributed by atoms with E-state index in [4.69, 9.17) is 10.4 Å². The molecule has 1 N–H and O–H groups in total. The highest BCUT2D eigenvalue weighted by Crippen LogP contribution is 2.16. The first-order valence-corrected chi connectivity index (χ1v) is 4.59. The Bertz CT molecular complexity index is 222. The topological polar surface area (TPSA) is 64.3 Å². The summed E-state index contributed by atoms with van der Waals surface area (Å²) in [7, 11) is 0. The molecule has 0 bridgehead atoms. The molecule has 0 spiro atoms. The van der Waals surface area contributed by atoms with Crippen molar-refractivity contribution in [1.29, 1.82) is 5.26 Å². The number of piperidine rings is 1. The van der Waals surface area contributed by atoms with Gasteiger partial charge >= 0.3 is 5.97 Å². The van der Waals surface area contributed by atoms with Crippen LogP contribution in [0.1, 0.15) is 25.7 Å². The van der Waals surface area contributed by atoms with Gasteiger partial charge in [-0.1, -0.05) is 6.42 Å². The molecule has 1 rings (SSSR count). The van der Waals surface area contributed by atoms with E-state index in [1.54, 1.807) is 0 Å². The maximum atomic E-state index is 10.8. The van der Waals surface area contributed by atoms with Gasteiger partial charge < -0.3 is 5.11 Å². The van der Waals surface area contributed by atoms with E-state index in [0.717, 1.165) is 25.8 Å². The second kappa shape index (κ2) is 4.83. The number of nitrogens with zero attached hydrogens (tertiary/aromatic N) is 2. The van der Waals surface area contributed by atoms with Crippen molar-refractivity contribution in [2.75, 3.05) is 13.1 Å². The molecule has 0 aromatic heterocycles. The summed E-state index contributed by atoms with van der Waals surface area (Å²) in [5.41, 5.74) is 0. The molecule has 0 aromatic carbocycles. The molecule has 0 aromatic rings. The normalized spacial score (nSPS) is 23.8. The van der Waals surface area contributed by atoms with Gasteiger partial charge in [0.1, 0.15) is 6.04 Å². The van der Waals surface area contributed by atoms with Crippen molar-refractivity contribution in [3.05, 3.63) is 0 Å². The summed E-state index contributed by atoms with van der Waals surface area (Å²) in [6.45, 7) is 1.41. The van der Waals surface area contributed by atoms with E-state index < -0.39 is 5.97 Å². The van der Waals surface area contributed by atoms with E-state index in [9.17, 15) is 4.79 Å². The third-order valence-electron chi connectivity index (χ3n) is 2.41.